The Labute approximate surface area is 142 Å². The number of carbonyl (C=O) groups excluding carboxylic acids is 1. The molecule has 1 aromatic carbocycles. The Morgan fingerprint density at radius 1 is 1.25 bits per heavy atom. The van der Waals surface area contributed by atoms with Gasteiger partial charge in [0.15, 0.2) is 0 Å². The van der Waals surface area contributed by atoms with E-state index in [2.05, 4.69) is 22.1 Å². The SMILES string of the molecule is COc1ccc([C@H]2CN(C(C)=O)CCN2Cc2ccn(C)n2)cc1. The highest BCUT2D eigenvalue weighted by Gasteiger charge is 2.29. The maximum Gasteiger partial charge on any atom is 0.219 e. The lowest BCUT2D eigenvalue weighted by Gasteiger charge is -2.41. The molecule has 0 spiro atoms. The molecule has 0 N–H and O–H groups in total. The zero-order chi connectivity index (χ0) is 17.1. The number of rotatable bonds is 4. The van der Waals surface area contributed by atoms with Gasteiger partial charge in [0, 0.05) is 46.3 Å². The van der Waals surface area contributed by atoms with Crippen molar-refractivity contribution in [3.05, 3.63) is 47.8 Å². The average Bonchev–Trinajstić information content (AvgIpc) is 3.00. The molecule has 1 fully saturated rings. The fourth-order valence-electron chi connectivity index (χ4n) is 3.19. The van der Waals surface area contributed by atoms with Crippen molar-refractivity contribution in [2.75, 3.05) is 26.7 Å². The number of nitrogens with zero attached hydrogens (tertiary/aromatic N) is 4. The van der Waals surface area contributed by atoms with Crippen molar-refractivity contribution < 1.29 is 9.53 Å². The van der Waals surface area contributed by atoms with E-state index in [0.29, 0.717) is 6.54 Å². The maximum absolute atomic E-state index is 11.8. The molecule has 1 atom stereocenters. The first-order valence-electron chi connectivity index (χ1n) is 8.19. The first-order chi connectivity index (χ1) is 11.6. The molecule has 2 heterocycles. The van der Waals surface area contributed by atoms with Crippen LogP contribution in [-0.2, 0) is 18.4 Å². The van der Waals surface area contributed by atoms with Gasteiger partial charge >= 0.3 is 0 Å². The number of aromatic nitrogens is 2. The van der Waals surface area contributed by atoms with Crippen LogP contribution in [0.1, 0.15) is 24.2 Å². The molecule has 0 bridgehead atoms. The zero-order valence-electron chi connectivity index (χ0n) is 14.5. The van der Waals surface area contributed by atoms with Crippen molar-refractivity contribution in [3.8, 4) is 5.75 Å². The average molecular weight is 328 g/mol. The van der Waals surface area contributed by atoms with Crippen LogP contribution in [0.15, 0.2) is 36.5 Å². The first kappa shape index (κ1) is 16.5. The number of aryl methyl sites for hydroxylation is 1. The quantitative estimate of drug-likeness (QED) is 0.859. The van der Waals surface area contributed by atoms with Crippen molar-refractivity contribution in [2.45, 2.75) is 19.5 Å². The van der Waals surface area contributed by atoms with Gasteiger partial charge in [0.25, 0.3) is 0 Å². The van der Waals surface area contributed by atoms with Crippen LogP contribution in [0.3, 0.4) is 0 Å². The third-order valence-corrected chi connectivity index (χ3v) is 4.57. The smallest absolute Gasteiger partial charge is 0.219 e. The second-order valence-corrected chi connectivity index (χ2v) is 6.21. The monoisotopic (exact) mass is 328 g/mol. The molecule has 6 heteroatoms. The lowest BCUT2D eigenvalue weighted by molar-refractivity contribution is -0.132. The summed E-state index contributed by atoms with van der Waals surface area (Å²) in [6.45, 7) is 4.72. The van der Waals surface area contributed by atoms with Gasteiger partial charge in [0.05, 0.1) is 18.8 Å². The Bertz CT molecular complexity index is 695. The van der Waals surface area contributed by atoms with Crippen LogP contribution < -0.4 is 4.74 Å². The van der Waals surface area contributed by atoms with Crippen molar-refractivity contribution in [3.63, 3.8) is 0 Å². The summed E-state index contributed by atoms with van der Waals surface area (Å²) in [6.07, 6.45) is 1.96. The summed E-state index contributed by atoms with van der Waals surface area (Å²) in [6, 6.07) is 10.3. The maximum atomic E-state index is 11.8. The molecule has 0 saturated carbocycles. The van der Waals surface area contributed by atoms with Gasteiger partial charge in [-0.25, -0.2) is 0 Å². The van der Waals surface area contributed by atoms with E-state index in [-0.39, 0.29) is 11.9 Å². The topological polar surface area (TPSA) is 50.6 Å². The summed E-state index contributed by atoms with van der Waals surface area (Å²) in [5, 5.41) is 4.49. The molecule has 128 valence electrons. The largest absolute Gasteiger partial charge is 0.497 e. The minimum atomic E-state index is 0.131. The van der Waals surface area contributed by atoms with Gasteiger partial charge < -0.3 is 9.64 Å². The second-order valence-electron chi connectivity index (χ2n) is 6.21. The third-order valence-electron chi connectivity index (χ3n) is 4.57. The van der Waals surface area contributed by atoms with Crippen LogP contribution in [0.2, 0.25) is 0 Å². The normalized spacial score (nSPS) is 18.6. The van der Waals surface area contributed by atoms with Gasteiger partial charge in [-0.1, -0.05) is 12.1 Å². The van der Waals surface area contributed by atoms with E-state index in [4.69, 9.17) is 4.74 Å². The fraction of sp³-hybridized carbons (Fsp3) is 0.444. The van der Waals surface area contributed by atoms with Gasteiger partial charge in [0.1, 0.15) is 5.75 Å². The molecule has 1 aliphatic heterocycles. The van der Waals surface area contributed by atoms with Crippen LogP contribution in [0, 0.1) is 0 Å². The number of piperazine rings is 1. The number of amides is 1. The molecule has 0 radical (unpaired) electrons. The number of ether oxygens (including phenoxy) is 1. The Hall–Kier alpha value is -2.34. The zero-order valence-corrected chi connectivity index (χ0v) is 14.5. The van der Waals surface area contributed by atoms with Crippen molar-refractivity contribution in [1.29, 1.82) is 0 Å². The molecule has 0 unspecified atom stereocenters. The van der Waals surface area contributed by atoms with Crippen molar-refractivity contribution in [2.24, 2.45) is 7.05 Å². The summed E-state index contributed by atoms with van der Waals surface area (Å²) >= 11 is 0. The molecule has 1 saturated heterocycles. The molecule has 1 amide bonds. The minimum absolute atomic E-state index is 0.131. The highest BCUT2D eigenvalue weighted by molar-refractivity contribution is 5.73. The number of carbonyl (C=O) groups is 1. The van der Waals surface area contributed by atoms with Crippen molar-refractivity contribution in [1.82, 2.24) is 19.6 Å². The molecule has 1 aromatic heterocycles. The third kappa shape index (κ3) is 3.59. The number of hydrogen-bond acceptors (Lipinski definition) is 4. The molecule has 24 heavy (non-hydrogen) atoms. The Morgan fingerprint density at radius 3 is 2.58 bits per heavy atom. The molecule has 0 aliphatic carbocycles. The van der Waals surface area contributed by atoms with Gasteiger partial charge in [-0.05, 0) is 23.8 Å². The van der Waals surface area contributed by atoms with E-state index in [1.54, 1.807) is 14.0 Å². The summed E-state index contributed by atoms with van der Waals surface area (Å²) < 4.78 is 7.07. The highest BCUT2D eigenvalue weighted by Crippen LogP contribution is 2.28. The minimum Gasteiger partial charge on any atom is -0.497 e. The fourth-order valence-corrected chi connectivity index (χ4v) is 3.19. The van der Waals surface area contributed by atoms with E-state index in [1.807, 2.05) is 41.0 Å². The Kier molecular flexibility index (Phi) is 4.85. The lowest BCUT2D eigenvalue weighted by atomic mass is 10.0. The Morgan fingerprint density at radius 2 is 2.00 bits per heavy atom. The number of methoxy groups -OCH3 is 1. The van der Waals surface area contributed by atoms with Crippen LogP contribution in [0.4, 0.5) is 0 Å². The summed E-state index contributed by atoms with van der Waals surface area (Å²) in [4.78, 5) is 16.1. The molecular weight excluding hydrogens is 304 g/mol. The van der Waals surface area contributed by atoms with Gasteiger partial charge in [-0.3, -0.25) is 14.4 Å². The predicted octanol–water partition coefficient (Wildman–Crippen LogP) is 1.83. The first-order valence-corrected chi connectivity index (χ1v) is 8.19. The van der Waals surface area contributed by atoms with E-state index in [9.17, 15) is 4.79 Å². The summed E-state index contributed by atoms with van der Waals surface area (Å²) in [7, 11) is 3.60. The van der Waals surface area contributed by atoms with Crippen molar-refractivity contribution >= 4 is 5.91 Å². The molecule has 1 aliphatic rings. The van der Waals surface area contributed by atoms with Gasteiger partial charge in [0.2, 0.25) is 5.91 Å². The van der Waals surface area contributed by atoms with E-state index < -0.39 is 0 Å². The summed E-state index contributed by atoms with van der Waals surface area (Å²) in [5.41, 5.74) is 2.24. The highest BCUT2D eigenvalue weighted by atomic mass is 16.5. The van der Waals surface area contributed by atoms with Gasteiger partial charge in [-0.15, -0.1) is 0 Å². The van der Waals surface area contributed by atoms with Crippen LogP contribution in [-0.4, -0.2) is 52.2 Å². The molecule has 6 nitrogen and oxygen atoms in total. The van der Waals surface area contributed by atoms with Crippen LogP contribution in [0.5, 0.6) is 5.75 Å². The standard InChI is InChI=1S/C18H24N4O2/c1-14(23)21-10-11-22(12-16-8-9-20(2)19-16)18(13-21)15-4-6-17(24-3)7-5-15/h4-9,18H,10-13H2,1-3H3/t18-/m1/s1. The molecular formula is C18H24N4O2. The number of benzene rings is 1. The number of hydrogen-bond donors (Lipinski definition) is 0. The predicted molar refractivity (Wildman–Crippen MR) is 91.6 cm³/mol. The van der Waals surface area contributed by atoms with Crippen LogP contribution in [0.25, 0.3) is 0 Å². The van der Waals surface area contributed by atoms with E-state index in [0.717, 1.165) is 31.1 Å². The molecule has 3 rings (SSSR count). The van der Waals surface area contributed by atoms with Gasteiger partial charge in [-0.2, -0.15) is 5.10 Å². The van der Waals surface area contributed by atoms with E-state index in [1.165, 1.54) is 5.56 Å². The second kappa shape index (κ2) is 7.05. The van der Waals surface area contributed by atoms with E-state index >= 15 is 0 Å². The Balaban J connectivity index is 1.83. The van der Waals surface area contributed by atoms with Crippen LogP contribution >= 0.6 is 0 Å². The molecule has 2 aromatic rings. The summed E-state index contributed by atoms with van der Waals surface area (Å²) in [5.74, 6) is 0.972. The lowest BCUT2D eigenvalue weighted by Crippen LogP contribution is -2.49.